The molecule has 6 heteroatoms. The van der Waals surface area contributed by atoms with E-state index < -0.39 is 11.9 Å². The number of aryl methyl sites for hydroxylation is 1. The number of furan rings is 1. The predicted molar refractivity (Wildman–Crippen MR) is 109 cm³/mol. The molecule has 3 aromatic rings. The van der Waals surface area contributed by atoms with E-state index in [4.69, 9.17) is 9.25 Å². The first-order valence-corrected chi connectivity index (χ1v) is 9.57. The van der Waals surface area contributed by atoms with E-state index in [2.05, 4.69) is 5.16 Å². The normalized spacial score (nSPS) is 17.2. The monoisotopic (exact) mass is 390 g/mol. The highest BCUT2D eigenvalue weighted by molar-refractivity contribution is 5.99. The fourth-order valence-electron chi connectivity index (χ4n) is 3.39. The van der Waals surface area contributed by atoms with E-state index in [1.54, 1.807) is 11.8 Å². The molecule has 1 aliphatic rings. The minimum absolute atomic E-state index is 0.0505. The third kappa shape index (κ3) is 4.21. The van der Waals surface area contributed by atoms with Crippen molar-refractivity contribution in [2.24, 2.45) is 11.1 Å². The predicted octanol–water partition coefficient (Wildman–Crippen LogP) is 4.06. The molecular formula is C23H22N2O4. The zero-order valence-electron chi connectivity index (χ0n) is 16.4. The zero-order valence-corrected chi connectivity index (χ0v) is 16.4. The Morgan fingerprint density at radius 3 is 2.72 bits per heavy atom. The molecule has 1 aliphatic heterocycles. The van der Waals surface area contributed by atoms with E-state index >= 15 is 0 Å². The molecule has 0 saturated carbocycles. The molecule has 1 saturated heterocycles. The maximum absolute atomic E-state index is 12.4. The number of benzene rings is 2. The zero-order chi connectivity index (χ0) is 20.4. The molecule has 0 bridgehead atoms. The Balaban J connectivity index is 1.37. The molecule has 1 aromatic heterocycles. The molecule has 0 N–H and O–H groups in total. The molecular weight excluding hydrogens is 368 g/mol. The van der Waals surface area contributed by atoms with E-state index in [1.165, 1.54) is 5.56 Å². The molecule has 1 amide bonds. The van der Waals surface area contributed by atoms with Crippen LogP contribution in [0.5, 0.6) is 0 Å². The number of amides is 1. The van der Waals surface area contributed by atoms with Crippen LogP contribution in [0.3, 0.4) is 0 Å². The van der Waals surface area contributed by atoms with Crippen LogP contribution in [0.15, 0.2) is 64.2 Å². The van der Waals surface area contributed by atoms with Gasteiger partial charge in [-0.25, -0.2) is 4.79 Å². The number of hydrogen-bond acceptors (Lipinski definition) is 5. The molecule has 1 fully saturated rings. The molecule has 1 unspecified atom stereocenters. The Morgan fingerprint density at radius 1 is 1.21 bits per heavy atom. The Morgan fingerprint density at radius 2 is 1.97 bits per heavy atom. The Kier molecular flexibility index (Phi) is 5.16. The molecule has 4 rings (SSSR count). The average molecular weight is 390 g/mol. The van der Waals surface area contributed by atoms with Crippen LogP contribution in [-0.2, 0) is 21.0 Å². The number of oxime groups is 1. The van der Waals surface area contributed by atoms with Crippen LogP contribution in [-0.4, -0.2) is 29.0 Å². The number of nitrogens with zero attached hydrogens (tertiary/aromatic N) is 2. The van der Waals surface area contributed by atoms with Gasteiger partial charge in [-0.3, -0.25) is 4.79 Å². The number of rotatable bonds is 5. The van der Waals surface area contributed by atoms with E-state index in [0.717, 1.165) is 16.5 Å². The van der Waals surface area contributed by atoms with Crippen LogP contribution in [0.2, 0.25) is 0 Å². The van der Waals surface area contributed by atoms with Gasteiger partial charge < -0.3 is 14.2 Å². The lowest BCUT2D eigenvalue weighted by Gasteiger charge is -2.16. The van der Waals surface area contributed by atoms with Gasteiger partial charge in [-0.1, -0.05) is 53.2 Å². The molecule has 29 heavy (non-hydrogen) atoms. The summed E-state index contributed by atoms with van der Waals surface area (Å²) in [6.45, 7) is 4.56. The highest BCUT2D eigenvalue weighted by Gasteiger charge is 2.35. The van der Waals surface area contributed by atoms with E-state index in [9.17, 15) is 9.59 Å². The van der Waals surface area contributed by atoms with Gasteiger partial charge in [0.1, 0.15) is 11.3 Å². The maximum atomic E-state index is 12.4. The second kappa shape index (κ2) is 7.91. The molecule has 0 aliphatic carbocycles. The van der Waals surface area contributed by atoms with Crippen molar-refractivity contribution in [2.45, 2.75) is 26.8 Å². The summed E-state index contributed by atoms with van der Waals surface area (Å²) in [5.41, 5.74) is 3.42. The Bertz CT molecular complexity index is 1050. The third-order valence-corrected chi connectivity index (χ3v) is 5.10. The van der Waals surface area contributed by atoms with Crippen molar-refractivity contribution < 1.29 is 18.8 Å². The standard InChI is InChI=1S/C23H22N2O4/c1-15-7-9-17(10-8-15)13-25-14-19(12-22(25)26)23(27)29-24-16(2)21-11-18-5-3-4-6-20(18)28-21/h3-11,19H,12-14H2,1-2H3/b24-16+. The second-order valence-electron chi connectivity index (χ2n) is 7.40. The smallest absolute Gasteiger partial charge is 0.340 e. The van der Waals surface area contributed by atoms with Crippen LogP contribution in [0, 0.1) is 12.8 Å². The van der Waals surface area contributed by atoms with Gasteiger partial charge in [-0.05, 0) is 31.5 Å². The Labute approximate surface area is 168 Å². The first kappa shape index (κ1) is 18.9. The lowest BCUT2D eigenvalue weighted by Crippen LogP contribution is -2.26. The number of carbonyl (C=O) groups excluding carboxylic acids is 2. The van der Waals surface area contributed by atoms with Gasteiger partial charge in [0.25, 0.3) is 0 Å². The molecule has 2 aromatic carbocycles. The second-order valence-corrected chi connectivity index (χ2v) is 7.40. The van der Waals surface area contributed by atoms with Gasteiger partial charge in [0, 0.05) is 24.9 Å². The summed E-state index contributed by atoms with van der Waals surface area (Å²) in [6.07, 6.45) is 0.143. The third-order valence-electron chi connectivity index (χ3n) is 5.10. The SMILES string of the molecule is C/C(=N\OC(=O)C1CC(=O)N(Cc2ccc(C)cc2)C1)c1cc2ccccc2o1. The van der Waals surface area contributed by atoms with E-state index in [-0.39, 0.29) is 12.3 Å². The van der Waals surface area contributed by atoms with Gasteiger partial charge in [0.15, 0.2) is 5.76 Å². The summed E-state index contributed by atoms with van der Waals surface area (Å²) in [7, 11) is 0. The van der Waals surface area contributed by atoms with Crippen molar-refractivity contribution in [3.05, 3.63) is 71.5 Å². The van der Waals surface area contributed by atoms with Gasteiger partial charge in [0.05, 0.1) is 5.92 Å². The maximum Gasteiger partial charge on any atom is 0.340 e. The van der Waals surface area contributed by atoms with Crippen LogP contribution in [0.4, 0.5) is 0 Å². The van der Waals surface area contributed by atoms with Crippen molar-refractivity contribution in [1.82, 2.24) is 4.90 Å². The van der Waals surface area contributed by atoms with Crippen LogP contribution < -0.4 is 0 Å². The Hall–Kier alpha value is -3.41. The number of hydrogen-bond donors (Lipinski definition) is 0. The number of para-hydroxylation sites is 1. The molecule has 148 valence electrons. The van der Waals surface area contributed by atoms with Gasteiger partial charge in [-0.2, -0.15) is 0 Å². The van der Waals surface area contributed by atoms with Gasteiger partial charge in [0.2, 0.25) is 5.91 Å². The van der Waals surface area contributed by atoms with E-state index in [0.29, 0.717) is 24.6 Å². The van der Waals surface area contributed by atoms with Crippen molar-refractivity contribution in [3.8, 4) is 0 Å². The fraction of sp³-hybridized carbons (Fsp3) is 0.261. The number of likely N-dealkylation sites (tertiary alicyclic amines) is 1. The van der Waals surface area contributed by atoms with Crippen LogP contribution >= 0.6 is 0 Å². The van der Waals surface area contributed by atoms with Crippen LogP contribution in [0.1, 0.15) is 30.2 Å². The van der Waals surface area contributed by atoms with Crippen molar-refractivity contribution >= 4 is 28.6 Å². The minimum atomic E-state index is -0.514. The molecule has 0 radical (unpaired) electrons. The summed E-state index contributed by atoms with van der Waals surface area (Å²) in [5, 5.41) is 4.88. The lowest BCUT2D eigenvalue weighted by molar-refractivity contribution is -0.148. The molecule has 1 atom stereocenters. The van der Waals surface area contributed by atoms with Crippen molar-refractivity contribution in [2.75, 3.05) is 6.54 Å². The molecule has 6 nitrogen and oxygen atoms in total. The highest BCUT2D eigenvalue weighted by Crippen LogP contribution is 2.23. The average Bonchev–Trinajstić information content (AvgIpc) is 3.31. The lowest BCUT2D eigenvalue weighted by atomic mass is 10.1. The van der Waals surface area contributed by atoms with Crippen LogP contribution in [0.25, 0.3) is 11.0 Å². The van der Waals surface area contributed by atoms with Gasteiger partial charge >= 0.3 is 5.97 Å². The van der Waals surface area contributed by atoms with Gasteiger partial charge in [-0.15, -0.1) is 0 Å². The first-order chi connectivity index (χ1) is 14.0. The molecule has 0 spiro atoms. The molecule has 2 heterocycles. The van der Waals surface area contributed by atoms with Crippen molar-refractivity contribution in [1.29, 1.82) is 0 Å². The summed E-state index contributed by atoms with van der Waals surface area (Å²) in [4.78, 5) is 31.5. The summed E-state index contributed by atoms with van der Waals surface area (Å²) < 4.78 is 5.71. The minimum Gasteiger partial charge on any atom is -0.455 e. The number of carbonyl (C=O) groups is 2. The summed E-state index contributed by atoms with van der Waals surface area (Å²) >= 11 is 0. The largest absolute Gasteiger partial charge is 0.455 e. The number of fused-ring (bicyclic) bond motifs is 1. The summed E-state index contributed by atoms with van der Waals surface area (Å²) in [6, 6.07) is 17.5. The topological polar surface area (TPSA) is 72.1 Å². The van der Waals surface area contributed by atoms with E-state index in [1.807, 2.05) is 61.5 Å². The van der Waals surface area contributed by atoms with Crippen molar-refractivity contribution in [3.63, 3.8) is 0 Å². The highest BCUT2D eigenvalue weighted by atomic mass is 16.7. The first-order valence-electron chi connectivity index (χ1n) is 9.57. The summed E-state index contributed by atoms with van der Waals surface area (Å²) in [5.74, 6) is -0.520. The quantitative estimate of drug-likeness (QED) is 0.374. The fourth-order valence-corrected chi connectivity index (χ4v) is 3.39.